The van der Waals surface area contributed by atoms with Crippen molar-refractivity contribution in [2.45, 2.75) is 30.7 Å². The summed E-state index contributed by atoms with van der Waals surface area (Å²) in [6.07, 6.45) is 1.46. The van der Waals surface area contributed by atoms with Crippen LogP contribution in [0.25, 0.3) is 0 Å². The van der Waals surface area contributed by atoms with Crippen molar-refractivity contribution in [3.63, 3.8) is 0 Å². The van der Waals surface area contributed by atoms with Crippen LogP contribution in [0.3, 0.4) is 0 Å². The molecule has 0 saturated heterocycles. The maximum Gasteiger partial charge on any atom is 0.243 e. The number of hydrogen-bond acceptors (Lipinski definition) is 3. The minimum absolute atomic E-state index is 0.00781. The smallest absolute Gasteiger partial charge is 0.243 e. The Labute approximate surface area is 105 Å². The van der Waals surface area contributed by atoms with Crippen LogP contribution >= 0.6 is 0 Å². The minimum Gasteiger partial charge on any atom is -0.327 e. The fourth-order valence-electron chi connectivity index (χ4n) is 1.45. The highest BCUT2D eigenvalue weighted by Crippen LogP contribution is 2.15. The van der Waals surface area contributed by atoms with E-state index >= 15 is 0 Å². The lowest BCUT2D eigenvalue weighted by molar-refractivity contribution is 0.533. The predicted molar refractivity (Wildman–Crippen MR) is 64.4 cm³/mol. The van der Waals surface area contributed by atoms with Crippen LogP contribution < -0.4 is 10.5 Å². The van der Waals surface area contributed by atoms with Gasteiger partial charge < -0.3 is 5.73 Å². The van der Waals surface area contributed by atoms with Crippen molar-refractivity contribution in [3.8, 4) is 0 Å². The van der Waals surface area contributed by atoms with E-state index in [9.17, 15) is 17.2 Å². The van der Waals surface area contributed by atoms with E-state index in [1.165, 1.54) is 0 Å². The molecule has 7 heteroatoms. The van der Waals surface area contributed by atoms with Crippen LogP contribution in [0.1, 0.15) is 19.8 Å². The third-order valence-corrected chi connectivity index (χ3v) is 3.82. The van der Waals surface area contributed by atoms with Gasteiger partial charge in [0.25, 0.3) is 0 Å². The van der Waals surface area contributed by atoms with Crippen LogP contribution in [-0.2, 0) is 10.0 Å². The molecular formula is C11H16F2N2O2S. The van der Waals surface area contributed by atoms with Gasteiger partial charge in [-0.15, -0.1) is 0 Å². The van der Waals surface area contributed by atoms with Crippen molar-refractivity contribution < 1.29 is 17.2 Å². The molecule has 0 saturated carbocycles. The lowest BCUT2D eigenvalue weighted by Gasteiger charge is -2.12. The Hall–Kier alpha value is -1.05. The molecule has 0 amide bonds. The van der Waals surface area contributed by atoms with Crippen molar-refractivity contribution in [1.29, 1.82) is 0 Å². The maximum absolute atomic E-state index is 13.3. The van der Waals surface area contributed by atoms with Gasteiger partial charge in [0.15, 0.2) is 0 Å². The first-order valence-corrected chi connectivity index (χ1v) is 7.05. The average molecular weight is 278 g/mol. The van der Waals surface area contributed by atoms with Gasteiger partial charge in [0.2, 0.25) is 10.0 Å². The van der Waals surface area contributed by atoms with Crippen molar-refractivity contribution in [2.24, 2.45) is 5.73 Å². The molecule has 1 unspecified atom stereocenters. The lowest BCUT2D eigenvalue weighted by atomic mass is 10.2. The Kier molecular flexibility index (Phi) is 5.18. The summed E-state index contributed by atoms with van der Waals surface area (Å²) in [4.78, 5) is -0.703. The normalized spacial score (nSPS) is 13.6. The highest BCUT2D eigenvalue weighted by Gasteiger charge is 2.20. The van der Waals surface area contributed by atoms with Crippen molar-refractivity contribution in [1.82, 2.24) is 4.72 Å². The summed E-state index contributed by atoms with van der Waals surface area (Å²) in [6.45, 7) is 1.91. The zero-order chi connectivity index (χ0) is 13.8. The molecule has 102 valence electrons. The Bertz CT molecular complexity index is 506. The molecule has 4 nitrogen and oxygen atoms in total. The van der Waals surface area contributed by atoms with Gasteiger partial charge in [0.05, 0.1) is 0 Å². The van der Waals surface area contributed by atoms with Gasteiger partial charge in [-0.05, 0) is 24.6 Å². The zero-order valence-corrected chi connectivity index (χ0v) is 10.8. The number of sulfonamides is 1. The van der Waals surface area contributed by atoms with E-state index in [4.69, 9.17) is 5.73 Å². The first-order chi connectivity index (χ1) is 8.36. The van der Waals surface area contributed by atoms with Crippen LogP contribution in [0.15, 0.2) is 23.1 Å². The van der Waals surface area contributed by atoms with E-state index in [1.807, 2.05) is 6.92 Å². The van der Waals surface area contributed by atoms with E-state index in [0.717, 1.165) is 18.6 Å². The highest BCUT2D eigenvalue weighted by molar-refractivity contribution is 7.89. The summed E-state index contributed by atoms with van der Waals surface area (Å²) in [5.41, 5.74) is 5.64. The number of hydrogen-bond donors (Lipinski definition) is 2. The number of nitrogens with one attached hydrogen (secondary N) is 1. The summed E-state index contributed by atoms with van der Waals surface area (Å²) in [6, 6.07) is 1.93. The molecule has 0 aliphatic carbocycles. The van der Waals surface area contributed by atoms with E-state index in [2.05, 4.69) is 4.72 Å². The van der Waals surface area contributed by atoms with E-state index < -0.39 is 26.6 Å². The van der Waals surface area contributed by atoms with Crippen LogP contribution in [0.5, 0.6) is 0 Å². The monoisotopic (exact) mass is 278 g/mol. The molecule has 0 heterocycles. The van der Waals surface area contributed by atoms with Gasteiger partial charge in [0, 0.05) is 12.6 Å². The Morgan fingerprint density at radius 2 is 2.06 bits per heavy atom. The quantitative estimate of drug-likeness (QED) is 0.825. The van der Waals surface area contributed by atoms with Gasteiger partial charge in [-0.1, -0.05) is 13.3 Å². The summed E-state index contributed by atoms with van der Waals surface area (Å²) in [7, 11) is -4.07. The summed E-state index contributed by atoms with van der Waals surface area (Å²) in [5.74, 6) is -1.80. The van der Waals surface area contributed by atoms with Gasteiger partial charge in [-0.3, -0.25) is 0 Å². The predicted octanol–water partition coefficient (Wildman–Crippen LogP) is 1.37. The van der Waals surface area contributed by atoms with Crippen LogP contribution in [0.2, 0.25) is 0 Å². The standard InChI is InChI=1S/C11H16F2N2O2S/c1-2-3-9(14)7-15-18(16,17)11-6-8(12)4-5-10(11)13/h4-6,9,15H,2-3,7,14H2,1H3. The van der Waals surface area contributed by atoms with E-state index in [0.29, 0.717) is 12.5 Å². The lowest BCUT2D eigenvalue weighted by Crippen LogP contribution is -2.37. The van der Waals surface area contributed by atoms with Crippen LogP contribution in [0, 0.1) is 11.6 Å². The SMILES string of the molecule is CCCC(N)CNS(=O)(=O)c1cc(F)ccc1F. The third-order valence-electron chi connectivity index (χ3n) is 2.38. The molecular weight excluding hydrogens is 262 g/mol. The van der Waals surface area contributed by atoms with E-state index in [1.54, 1.807) is 0 Å². The molecule has 3 N–H and O–H groups in total. The summed E-state index contributed by atoms with van der Waals surface area (Å²) < 4.78 is 51.9. The van der Waals surface area contributed by atoms with E-state index in [-0.39, 0.29) is 12.6 Å². The van der Waals surface area contributed by atoms with Crippen molar-refractivity contribution in [3.05, 3.63) is 29.8 Å². The second-order valence-corrected chi connectivity index (χ2v) is 5.71. The number of rotatable bonds is 6. The number of halogens is 2. The van der Waals surface area contributed by atoms with Crippen LogP contribution in [0.4, 0.5) is 8.78 Å². The third kappa shape index (κ3) is 4.01. The molecule has 0 aliphatic heterocycles. The molecule has 18 heavy (non-hydrogen) atoms. The molecule has 1 aromatic rings. The molecule has 0 aliphatic rings. The van der Waals surface area contributed by atoms with Crippen LogP contribution in [-0.4, -0.2) is 21.0 Å². The molecule has 0 spiro atoms. The Morgan fingerprint density at radius 3 is 2.67 bits per heavy atom. The largest absolute Gasteiger partial charge is 0.327 e. The summed E-state index contributed by atoms with van der Waals surface area (Å²) in [5, 5.41) is 0. The number of nitrogens with two attached hydrogens (primary N) is 1. The Morgan fingerprint density at radius 1 is 1.39 bits per heavy atom. The molecule has 1 rings (SSSR count). The topological polar surface area (TPSA) is 72.2 Å². The molecule has 1 atom stereocenters. The van der Waals surface area contributed by atoms with Gasteiger partial charge in [-0.25, -0.2) is 21.9 Å². The molecule has 0 aromatic heterocycles. The molecule has 0 bridgehead atoms. The second-order valence-electron chi connectivity index (χ2n) is 3.98. The summed E-state index contributed by atoms with van der Waals surface area (Å²) >= 11 is 0. The van der Waals surface area contributed by atoms with Gasteiger partial charge in [-0.2, -0.15) is 0 Å². The average Bonchev–Trinajstić information content (AvgIpc) is 2.30. The highest BCUT2D eigenvalue weighted by atomic mass is 32.2. The molecule has 0 fully saturated rings. The molecule has 0 radical (unpaired) electrons. The first-order valence-electron chi connectivity index (χ1n) is 5.57. The van der Waals surface area contributed by atoms with Crippen molar-refractivity contribution >= 4 is 10.0 Å². The first kappa shape index (κ1) is 15.0. The van der Waals surface area contributed by atoms with Gasteiger partial charge in [0.1, 0.15) is 16.5 Å². The fourth-order valence-corrected chi connectivity index (χ4v) is 2.63. The fraction of sp³-hybridized carbons (Fsp3) is 0.455. The minimum atomic E-state index is -4.07. The maximum atomic E-state index is 13.3. The number of benzene rings is 1. The van der Waals surface area contributed by atoms with Gasteiger partial charge >= 0.3 is 0 Å². The Balaban J connectivity index is 2.83. The zero-order valence-electron chi connectivity index (χ0n) is 9.99. The van der Waals surface area contributed by atoms with Crippen molar-refractivity contribution in [2.75, 3.05) is 6.54 Å². The second kappa shape index (κ2) is 6.21. The molecule has 1 aromatic carbocycles.